The van der Waals surface area contributed by atoms with Crippen molar-refractivity contribution in [2.75, 3.05) is 0 Å². The molecule has 10 heteroatoms. The summed E-state index contributed by atoms with van der Waals surface area (Å²) in [4.78, 5) is 0.0202. The predicted octanol–water partition coefficient (Wildman–Crippen LogP) is 3.73. The number of hydrogen-bond donors (Lipinski definition) is 3. The number of aliphatic hydroxyl groups is 1. The fraction of sp³-hybridized carbons (Fsp3) is 0.0455. The molecule has 0 radical (unpaired) electrons. The van der Waals surface area contributed by atoms with E-state index in [1.807, 2.05) is 0 Å². The number of halogens is 2. The van der Waals surface area contributed by atoms with Crippen LogP contribution in [0, 0.1) is 17.0 Å². The van der Waals surface area contributed by atoms with Crippen molar-refractivity contribution < 1.29 is 27.0 Å². The monoisotopic (exact) mass is 457 g/mol. The molecule has 0 atom stereocenters. The average Bonchev–Trinajstić information content (AvgIpc) is 3.20. The highest BCUT2D eigenvalue weighted by Crippen LogP contribution is 2.36. The van der Waals surface area contributed by atoms with E-state index in [-0.39, 0.29) is 38.4 Å². The van der Waals surface area contributed by atoms with E-state index in [1.165, 1.54) is 30.5 Å². The highest BCUT2D eigenvalue weighted by atomic mass is 32.2. The highest BCUT2D eigenvalue weighted by Gasteiger charge is 2.23. The first-order valence-electron chi connectivity index (χ1n) is 9.29. The third-order valence-corrected chi connectivity index (χ3v) is 6.58. The van der Waals surface area contributed by atoms with Gasteiger partial charge < -0.3 is 15.6 Å². The lowest BCUT2D eigenvalue weighted by Gasteiger charge is -2.14. The average molecular weight is 457 g/mol. The minimum Gasteiger partial charge on any atom is -0.454 e. The maximum Gasteiger partial charge on any atom is 0.268 e. The zero-order chi connectivity index (χ0) is 23.0. The fourth-order valence-electron chi connectivity index (χ4n) is 3.35. The molecule has 0 aliphatic rings. The van der Waals surface area contributed by atoms with Gasteiger partial charge in [0.05, 0.1) is 22.6 Å². The number of ether oxygens (including phenoxy) is 1. The summed E-state index contributed by atoms with van der Waals surface area (Å²) in [6.07, 6.45) is 1.27. The van der Waals surface area contributed by atoms with E-state index < -0.39 is 34.1 Å². The number of nitrogens with one attached hydrogen (secondary N) is 1. The minimum atomic E-state index is -4.01. The number of nitrogens with two attached hydrogens (primary N) is 1. The lowest BCUT2D eigenvalue weighted by atomic mass is 10.1. The van der Waals surface area contributed by atoms with E-state index in [0.717, 1.165) is 22.2 Å². The fourth-order valence-corrected chi connectivity index (χ4v) is 4.71. The Morgan fingerprint density at radius 2 is 1.78 bits per heavy atom. The number of rotatable bonds is 6. The molecular weight excluding hydrogens is 440 g/mol. The molecule has 0 bridgehead atoms. The largest absolute Gasteiger partial charge is 0.454 e. The zero-order valence-electron chi connectivity index (χ0n) is 16.4. The molecule has 32 heavy (non-hydrogen) atoms. The summed E-state index contributed by atoms with van der Waals surface area (Å²) >= 11 is 0. The van der Waals surface area contributed by atoms with Gasteiger partial charge in [-0.1, -0.05) is 18.2 Å². The van der Waals surface area contributed by atoms with Crippen LogP contribution in [-0.4, -0.2) is 23.3 Å². The summed E-state index contributed by atoms with van der Waals surface area (Å²) in [5.41, 5.74) is 5.15. The topological polar surface area (TPSA) is 118 Å². The second kappa shape index (κ2) is 8.06. The summed E-state index contributed by atoms with van der Waals surface area (Å²) in [5.74, 6) is -2.57. The van der Waals surface area contributed by atoms with Crippen LogP contribution in [0.15, 0.2) is 71.8 Å². The number of amidine groups is 1. The molecule has 164 valence electrons. The van der Waals surface area contributed by atoms with Crippen LogP contribution in [0.2, 0.25) is 0 Å². The van der Waals surface area contributed by atoms with Gasteiger partial charge in [0.15, 0.2) is 11.6 Å². The van der Waals surface area contributed by atoms with Gasteiger partial charge >= 0.3 is 0 Å². The second-order valence-electron chi connectivity index (χ2n) is 6.84. The molecule has 4 N–H and O–H groups in total. The van der Waals surface area contributed by atoms with E-state index in [1.54, 1.807) is 18.2 Å². The Balaban J connectivity index is 1.85. The molecule has 0 aliphatic carbocycles. The van der Waals surface area contributed by atoms with Gasteiger partial charge in [0.1, 0.15) is 17.4 Å². The summed E-state index contributed by atoms with van der Waals surface area (Å²) in [6.45, 7) is -0.653. The van der Waals surface area contributed by atoms with Gasteiger partial charge in [-0.25, -0.2) is 21.2 Å². The van der Waals surface area contributed by atoms with Gasteiger partial charge in [0.25, 0.3) is 10.0 Å². The van der Waals surface area contributed by atoms with E-state index in [2.05, 4.69) is 0 Å². The molecule has 4 rings (SSSR count). The second-order valence-corrected chi connectivity index (χ2v) is 8.66. The van der Waals surface area contributed by atoms with Crippen molar-refractivity contribution in [3.05, 3.63) is 89.6 Å². The van der Waals surface area contributed by atoms with E-state index in [0.29, 0.717) is 0 Å². The third kappa shape index (κ3) is 3.59. The molecule has 1 aromatic heterocycles. The Morgan fingerprint density at radius 3 is 2.44 bits per heavy atom. The Morgan fingerprint density at radius 1 is 1.06 bits per heavy atom. The van der Waals surface area contributed by atoms with Gasteiger partial charge in [-0.3, -0.25) is 5.41 Å². The number of benzene rings is 3. The van der Waals surface area contributed by atoms with Crippen molar-refractivity contribution in [3.8, 4) is 11.5 Å². The molecule has 0 unspecified atom stereocenters. The van der Waals surface area contributed by atoms with Gasteiger partial charge in [-0.2, -0.15) is 0 Å². The van der Waals surface area contributed by atoms with Crippen molar-refractivity contribution >= 4 is 26.8 Å². The first kappa shape index (κ1) is 21.5. The molecule has 1 heterocycles. The van der Waals surface area contributed by atoms with Gasteiger partial charge in [0.2, 0.25) is 0 Å². The molecule has 0 saturated carbocycles. The SMILES string of the molecule is N=C(N)c1cc(Oc2c(F)cc3c(ccn3S(=O)(=O)c3ccccc3)c2CO)ccc1F. The van der Waals surface area contributed by atoms with Crippen LogP contribution in [-0.2, 0) is 16.6 Å². The molecular formula is C22H17F2N3O4S. The summed E-state index contributed by atoms with van der Waals surface area (Å²) < 4.78 is 61.3. The van der Waals surface area contributed by atoms with E-state index in [4.69, 9.17) is 15.9 Å². The van der Waals surface area contributed by atoms with Crippen LogP contribution in [0.1, 0.15) is 11.1 Å². The van der Waals surface area contributed by atoms with Crippen molar-refractivity contribution in [1.29, 1.82) is 5.41 Å². The van der Waals surface area contributed by atoms with Gasteiger partial charge in [-0.05, 0) is 36.4 Å². The van der Waals surface area contributed by atoms with Crippen LogP contribution in [0.25, 0.3) is 10.9 Å². The molecule has 0 fully saturated rings. The highest BCUT2D eigenvalue weighted by molar-refractivity contribution is 7.90. The third-order valence-electron chi connectivity index (χ3n) is 4.88. The quantitative estimate of drug-likeness (QED) is 0.301. The minimum absolute atomic E-state index is 0.00992. The number of nitrogen functional groups attached to an aromatic ring is 1. The Labute approximate surface area is 181 Å². The molecule has 0 aliphatic heterocycles. The number of aliphatic hydroxyl groups excluding tert-OH is 1. The van der Waals surface area contributed by atoms with Gasteiger partial charge in [-0.15, -0.1) is 0 Å². The van der Waals surface area contributed by atoms with Crippen molar-refractivity contribution in [1.82, 2.24) is 3.97 Å². The van der Waals surface area contributed by atoms with E-state index >= 15 is 4.39 Å². The van der Waals surface area contributed by atoms with E-state index in [9.17, 15) is 17.9 Å². The van der Waals surface area contributed by atoms with Crippen LogP contribution in [0.5, 0.6) is 11.5 Å². The van der Waals surface area contributed by atoms with Crippen molar-refractivity contribution in [2.24, 2.45) is 5.73 Å². The molecule has 0 amide bonds. The lowest BCUT2D eigenvalue weighted by Crippen LogP contribution is -2.13. The Kier molecular flexibility index (Phi) is 5.41. The molecule has 0 spiro atoms. The van der Waals surface area contributed by atoms with Crippen LogP contribution >= 0.6 is 0 Å². The van der Waals surface area contributed by atoms with Crippen LogP contribution in [0.4, 0.5) is 8.78 Å². The number of aromatic nitrogens is 1. The first-order valence-corrected chi connectivity index (χ1v) is 10.7. The summed E-state index contributed by atoms with van der Waals surface area (Å²) in [7, 11) is -4.01. The molecule has 0 saturated heterocycles. The molecule has 4 aromatic rings. The number of fused-ring (bicyclic) bond motifs is 1. The maximum absolute atomic E-state index is 15.1. The Hall–Kier alpha value is -3.76. The van der Waals surface area contributed by atoms with Crippen LogP contribution in [0.3, 0.4) is 0 Å². The molecule has 3 aromatic carbocycles. The first-order chi connectivity index (χ1) is 15.2. The number of hydrogen-bond acceptors (Lipinski definition) is 5. The predicted molar refractivity (Wildman–Crippen MR) is 114 cm³/mol. The standard InChI is InChI=1S/C22H17F2N3O4S/c23-18-7-6-13(10-16(18)22(25)26)31-21-17(12-28)15-8-9-27(20(15)11-19(21)24)32(29,30)14-4-2-1-3-5-14/h1-11,28H,12H2,(H3,25,26). The van der Waals surface area contributed by atoms with Gasteiger partial charge in [0, 0.05) is 23.2 Å². The summed E-state index contributed by atoms with van der Waals surface area (Å²) in [6, 6.07) is 13.4. The maximum atomic E-state index is 15.1. The number of nitrogens with zero attached hydrogens (tertiary/aromatic N) is 1. The smallest absolute Gasteiger partial charge is 0.268 e. The summed E-state index contributed by atoms with van der Waals surface area (Å²) in [5, 5.41) is 17.6. The van der Waals surface area contributed by atoms with Crippen molar-refractivity contribution in [3.63, 3.8) is 0 Å². The van der Waals surface area contributed by atoms with Crippen LogP contribution < -0.4 is 10.5 Å². The lowest BCUT2D eigenvalue weighted by molar-refractivity contribution is 0.276. The molecule has 7 nitrogen and oxygen atoms in total. The normalized spacial score (nSPS) is 11.6. The van der Waals surface area contributed by atoms with Crippen molar-refractivity contribution in [2.45, 2.75) is 11.5 Å². The zero-order valence-corrected chi connectivity index (χ0v) is 17.2. The Bertz CT molecular complexity index is 1450.